The van der Waals surface area contributed by atoms with Gasteiger partial charge < -0.3 is 30.3 Å². The van der Waals surface area contributed by atoms with E-state index < -0.39 is 76.5 Å². The maximum atomic E-state index is 12.5. The van der Waals surface area contributed by atoms with Gasteiger partial charge in [0.05, 0.1) is 12.2 Å². The van der Waals surface area contributed by atoms with Crippen molar-refractivity contribution in [3.8, 4) is 0 Å². The minimum Gasteiger partial charge on any atom is -0.460 e. The van der Waals surface area contributed by atoms with E-state index in [0.717, 1.165) is 0 Å². The fraction of sp³-hybridized carbons (Fsp3) is 0.800. The van der Waals surface area contributed by atoms with Crippen LogP contribution in [0.25, 0.3) is 0 Å². The first kappa shape index (κ1) is 20.0. The molecule has 0 bridgehead atoms. The highest BCUT2D eigenvalue weighted by atomic mass is 16.6. The van der Waals surface area contributed by atoms with Crippen LogP contribution in [-0.4, -0.2) is 73.4 Å². The zero-order chi connectivity index (χ0) is 21.0. The van der Waals surface area contributed by atoms with Crippen LogP contribution in [0.5, 0.6) is 0 Å². The molecule has 3 aliphatic carbocycles. The fourth-order valence-electron chi connectivity index (χ4n) is 7.10. The van der Waals surface area contributed by atoms with Crippen LogP contribution >= 0.6 is 0 Å². The van der Waals surface area contributed by atoms with Gasteiger partial charge in [-0.3, -0.25) is 4.79 Å². The molecule has 2 saturated carbocycles. The van der Waals surface area contributed by atoms with Gasteiger partial charge in [0.1, 0.15) is 17.8 Å². The van der Waals surface area contributed by atoms with Gasteiger partial charge in [-0.2, -0.15) is 0 Å². The molecule has 11 atom stereocenters. The normalized spacial score (nSPS) is 58.4. The summed E-state index contributed by atoms with van der Waals surface area (Å²) in [5.74, 6) is -3.94. The lowest BCUT2D eigenvalue weighted by molar-refractivity contribution is -0.356. The smallest absolute Gasteiger partial charge is 0.338 e. The first-order chi connectivity index (χ1) is 12.8. The van der Waals surface area contributed by atoms with Crippen molar-refractivity contribution < 1.29 is 39.9 Å². The maximum absolute atomic E-state index is 12.5. The van der Waals surface area contributed by atoms with E-state index in [0.29, 0.717) is 5.57 Å². The van der Waals surface area contributed by atoms with Gasteiger partial charge >= 0.3 is 5.97 Å². The number of hydrogen-bond donors (Lipinski definition) is 5. The lowest BCUT2D eigenvalue weighted by Crippen LogP contribution is -2.83. The van der Waals surface area contributed by atoms with Crippen LogP contribution < -0.4 is 0 Å². The maximum Gasteiger partial charge on any atom is 0.338 e. The molecule has 0 radical (unpaired) electrons. The number of fused-ring (bicyclic) bond motifs is 2. The van der Waals surface area contributed by atoms with Crippen molar-refractivity contribution in [2.24, 2.45) is 28.6 Å². The molecule has 1 heterocycles. The number of hydrogen-bond acceptors (Lipinski definition) is 8. The molecule has 1 saturated heterocycles. The third-order valence-corrected chi connectivity index (χ3v) is 8.62. The predicted molar refractivity (Wildman–Crippen MR) is 94.6 cm³/mol. The average Bonchev–Trinajstić information content (AvgIpc) is 2.63. The molecule has 4 aliphatic rings. The van der Waals surface area contributed by atoms with E-state index in [9.17, 15) is 35.1 Å². The number of carbonyl (C=O) groups is 2. The quantitative estimate of drug-likeness (QED) is 0.325. The first-order valence-corrected chi connectivity index (χ1v) is 9.71. The van der Waals surface area contributed by atoms with E-state index in [1.54, 1.807) is 20.8 Å². The van der Waals surface area contributed by atoms with Gasteiger partial charge in [-0.25, -0.2) is 4.79 Å². The molecule has 0 aromatic heterocycles. The highest BCUT2D eigenvalue weighted by molar-refractivity contribution is 5.96. The summed E-state index contributed by atoms with van der Waals surface area (Å²) in [6.45, 7) is 6.49. The monoisotopic (exact) mass is 396 g/mol. The number of rotatable bonds is 0. The van der Waals surface area contributed by atoms with Gasteiger partial charge in [-0.15, -0.1) is 0 Å². The molecule has 5 N–H and O–H groups in total. The summed E-state index contributed by atoms with van der Waals surface area (Å²) in [6, 6.07) is 0. The number of esters is 1. The van der Waals surface area contributed by atoms with Gasteiger partial charge in [0.15, 0.2) is 11.9 Å². The minimum atomic E-state index is -2.10. The van der Waals surface area contributed by atoms with Crippen molar-refractivity contribution in [3.05, 3.63) is 11.6 Å². The molecule has 28 heavy (non-hydrogen) atoms. The second-order valence-electron chi connectivity index (χ2n) is 9.53. The van der Waals surface area contributed by atoms with E-state index in [2.05, 4.69) is 0 Å². The summed E-state index contributed by atoms with van der Waals surface area (Å²) in [6.07, 6.45) is -5.50. The molecular weight excluding hydrogens is 368 g/mol. The number of aliphatic hydroxyl groups excluding tert-OH is 4. The Labute approximate surface area is 162 Å². The molecule has 4 rings (SSSR count). The van der Waals surface area contributed by atoms with Gasteiger partial charge in [0, 0.05) is 22.7 Å². The Morgan fingerprint density at radius 1 is 1.07 bits per heavy atom. The highest BCUT2D eigenvalue weighted by Crippen LogP contribution is 2.69. The fourth-order valence-corrected chi connectivity index (χ4v) is 7.10. The first-order valence-electron chi connectivity index (χ1n) is 9.71. The Hall–Kier alpha value is -1.32. The van der Waals surface area contributed by atoms with Crippen LogP contribution in [0.2, 0.25) is 0 Å². The molecule has 156 valence electrons. The minimum absolute atomic E-state index is 0.229. The standard InChI is InChI=1S/C20H28O8/c1-7-5-10(21)15(24)18(3)9(7)6-11-19(4)14(18)13(23)12(22)8(2)20(19,27)16(25)17(26)28-11/h5,8-9,11-16,22-25,27H,6H2,1-4H3/t8-,9-,11+,12+,13-,14?,15+,16-,18-,19+,20-/m0/s1. The van der Waals surface area contributed by atoms with E-state index in [4.69, 9.17) is 4.74 Å². The molecule has 1 unspecified atom stereocenters. The van der Waals surface area contributed by atoms with Crippen LogP contribution in [0.15, 0.2) is 11.6 Å². The van der Waals surface area contributed by atoms with E-state index in [1.165, 1.54) is 13.0 Å². The van der Waals surface area contributed by atoms with Gasteiger partial charge in [0.25, 0.3) is 0 Å². The topological polar surface area (TPSA) is 145 Å². The Balaban J connectivity index is 2.01. The summed E-state index contributed by atoms with van der Waals surface area (Å²) in [5, 5.41) is 55.0. The van der Waals surface area contributed by atoms with Crippen LogP contribution in [0, 0.1) is 28.6 Å². The predicted octanol–water partition coefficient (Wildman–Crippen LogP) is -1.09. The van der Waals surface area contributed by atoms with Crippen molar-refractivity contribution in [2.45, 2.75) is 70.2 Å². The number of ketones is 1. The summed E-state index contributed by atoms with van der Waals surface area (Å²) >= 11 is 0. The number of aliphatic hydroxyl groups is 5. The summed E-state index contributed by atoms with van der Waals surface area (Å²) in [5.41, 5.74) is -4.02. The highest BCUT2D eigenvalue weighted by Gasteiger charge is 2.79. The van der Waals surface area contributed by atoms with Crippen LogP contribution in [0.1, 0.15) is 34.1 Å². The van der Waals surface area contributed by atoms with Gasteiger partial charge in [0.2, 0.25) is 0 Å². The molecule has 1 aliphatic heterocycles. The molecule has 0 spiro atoms. The Kier molecular flexibility index (Phi) is 4.02. The molecule has 8 nitrogen and oxygen atoms in total. The lowest BCUT2D eigenvalue weighted by atomic mass is 9.36. The number of allylic oxidation sites excluding steroid dienone is 1. The van der Waals surface area contributed by atoms with Crippen LogP contribution in [0.3, 0.4) is 0 Å². The number of ether oxygens (including phenoxy) is 1. The molecule has 3 fully saturated rings. The summed E-state index contributed by atoms with van der Waals surface area (Å²) < 4.78 is 5.51. The zero-order valence-corrected chi connectivity index (χ0v) is 16.4. The lowest BCUT2D eigenvalue weighted by Gasteiger charge is -2.71. The Bertz CT molecular complexity index is 778. The van der Waals surface area contributed by atoms with Crippen molar-refractivity contribution in [1.29, 1.82) is 0 Å². The van der Waals surface area contributed by atoms with Crippen molar-refractivity contribution in [2.75, 3.05) is 0 Å². The molecule has 0 aromatic rings. The van der Waals surface area contributed by atoms with Crippen molar-refractivity contribution in [1.82, 2.24) is 0 Å². The SMILES string of the molecule is CC1=CC(=O)[C@@H](O)[C@]2(C)C3[C@@H](O)[C@H](O)[C@H](C)[C@]4(O)[C@@H](O)C(=O)O[C@H](C[C@@H]12)[C@]34C. The molecule has 8 heteroatoms. The molecular formula is C20H28O8. The van der Waals surface area contributed by atoms with Gasteiger partial charge in [-0.05, 0) is 25.3 Å². The molecule has 0 aromatic carbocycles. The largest absolute Gasteiger partial charge is 0.460 e. The van der Waals surface area contributed by atoms with E-state index in [1.807, 2.05) is 0 Å². The number of carbonyl (C=O) groups excluding carboxylic acids is 2. The summed E-state index contributed by atoms with van der Waals surface area (Å²) in [4.78, 5) is 24.8. The zero-order valence-electron chi connectivity index (χ0n) is 16.4. The molecule has 0 amide bonds. The average molecular weight is 396 g/mol. The van der Waals surface area contributed by atoms with E-state index >= 15 is 0 Å². The van der Waals surface area contributed by atoms with E-state index in [-0.39, 0.29) is 6.42 Å². The Morgan fingerprint density at radius 2 is 1.68 bits per heavy atom. The third-order valence-electron chi connectivity index (χ3n) is 8.62. The second kappa shape index (κ2) is 5.64. The van der Waals surface area contributed by atoms with Crippen molar-refractivity contribution in [3.63, 3.8) is 0 Å². The van der Waals surface area contributed by atoms with Crippen LogP contribution in [-0.2, 0) is 14.3 Å². The van der Waals surface area contributed by atoms with Crippen LogP contribution in [0.4, 0.5) is 0 Å². The summed E-state index contributed by atoms with van der Waals surface area (Å²) in [7, 11) is 0. The van der Waals surface area contributed by atoms with Gasteiger partial charge in [-0.1, -0.05) is 26.3 Å². The third kappa shape index (κ3) is 1.89. The Morgan fingerprint density at radius 3 is 2.29 bits per heavy atom. The van der Waals surface area contributed by atoms with Crippen molar-refractivity contribution >= 4 is 11.8 Å². The second-order valence-corrected chi connectivity index (χ2v) is 9.53.